The van der Waals surface area contributed by atoms with Crippen LogP contribution in [0.1, 0.15) is 11.1 Å². The van der Waals surface area contributed by atoms with E-state index in [9.17, 15) is 4.79 Å². The van der Waals surface area contributed by atoms with Gasteiger partial charge in [-0.1, -0.05) is 0 Å². The predicted octanol–water partition coefficient (Wildman–Crippen LogP) is 1.33. The van der Waals surface area contributed by atoms with Crippen molar-refractivity contribution in [2.75, 3.05) is 32.4 Å². The maximum Gasteiger partial charge on any atom is 0.238 e. The average Bonchev–Trinajstić information content (AvgIpc) is 3.02. The van der Waals surface area contributed by atoms with Crippen LogP contribution in [-0.4, -0.2) is 44.3 Å². The number of ether oxygens (including phenoxy) is 2. The summed E-state index contributed by atoms with van der Waals surface area (Å²) in [4.78, 5) is 11.9. The first-order chi connectivity index (χ1) is 10.2. The molecule has 5 nitrogen and oxygen atoms in total. The van der Waals surface area contributed by atoms with Crippen LogP contribution in [0, 0.1) is 6.92 Å². The van der Waals surface area contributed by atoms with Gasteiger partial charge >= 0.3 is 0 Å². The fraction of sp³-hybridized carbons (Fsp3) is 0.533. The number of nitrogens with one attached hydrogen (secondary N) is 2. The molecule has 1 aliphatic rings. The van der Waals surface area contributed by atoms with Gasteiger partial charge in [0.2, 0.25) is 5.91 Å². The van der Waals surface area contributed by atoms with E-state index in [1.165, 1.54) is 0 Å². The Morgan fingerprint density at radius 1 is 1.38 bits per heavy atom. The molecule has 0 aliphatic carbocycles. The average molecular weight is 310 g/mol. The molecule has 1 unspecified atom stereocenters. The summed E-state index contributed by atoms with van der Waals surface area (Å²) in [5.41, 5.74) is 2.07. The lowest BCUT2D eigenvalue weighted by Crippen LogP contribution is -2.42. The summed E-state index contributed by atoms with van der Waals surface area (Å²) in [7, 11) is 3.31. The Bertz CT molecular complexity index is 502. The van der Waals surface area contributed by atoms with E-state index in [0.717, 1.165) is 34.3 Å². The molecule has 116 valence electrons. The van der Waals surface area contributed by atoms with E-state index < -0.39 is 0 Å². The van der Waals surface area contributed by atoms with Crippen molar-refractivity contribution in [3.63, 3.8) is 0 Å². The molecule has 2 rings (SSSR count). The number of carbonyl (C=O) groups is 1. The molecule has 21 heavy (non-hydrogen) atoms. The summed E-state index contributed by atoms with van der Waals surface area (Å²) >= 11 is 1.74. The highest BCUT2D eigenvalue weighted by atomic mass is 32.2. The van der Waals surface area contributed by atoms with Gasteiger partial charge in [-0.05, 0) is 36.6 Å². The Hall–Kier alpha value is -1.40. The van der Waals surface area contributed by atoms with Gasteiger partial charge in [0, 0.05) is 18.2 Å². The fourth-order valence-corrected chi connectivity index (χ4v) is 3.26. The molecule has 1 heterocycles. The smallest absolute Gasteiger partial charge is 0.238 e. The van der Waals surface area contributed by atoms with Crippen LogP contribution in [0.3, 0.4) is 0 Å². The minimum atomic E-state index is -0.0653. The maximum atomic E-state index is 11.9. The lowest BCUT2D eigenvalue weighted by Gasteiger charge is -2.14. The van der Waals surface area contributed by atoms with E-state index in [1.807, 2.05) is 19.1 Å². The van der Waals surface area contributed by atoms with Crippen LogP contribution >= 0.6 is 11.8 Å². The first kappa shape index (κ1) is 16.0. The molecule has 0 radical (unpaired) electrons. The minimum absolute atomic E-state index is 0.0653. The zero-order chi connectivity index (χ0) is 15.2. The zero-order valence-corrected chi connectivity index (χ0v) is 13.5. The molecular weight excluding hydrogens is 288 g/mol. The van der Waals surface area contributed by atoms with Gasteiger partial charge in [0.25, 0.3) is 0 Å². The fourth-order valence-electron chi connectivity index (χ4n) is 2.32. The highest BCUT2D eigenvalue weighted by Crippen LogP contribution is 2.28. The lowest BCUT2D eigenvalue weighted by atomic mass is 10.1. The second-order valence-electron chi connectivity index (χ2n) is 4.95. The monoisotopic (exact) mass is 310 g/mol. The molecule has 6 heteroatoms. The molecule has 0 spiro atoms. The third-order valence-electron chi connectivity index (χ3n) is 3.52. The Balaban J connectivity index is 1.94. The first-order valence-corrected chi connectivity index (χ1v) is 8.11. The number of thioether (sulfide) groups is 1. The zero-order valence-electron chi connectivity index (χ0n) is 12.7. The van der Waals surface area contributed by atoms with Crippen molar-refractivity contribution in [3.8, 4) is 11.5 Å². The minimum Gasteiger partial charge on any atom is -0.496 e. The number of rotatable bonds is 6. The topological polar surface area (TPSA) is 59.6 Å². The Labute approximate surface area is 129 Å². The third kappa shape index (κ3) is 4.04. The van der Waals surface area contributed by atoms with Gasteiger partial charge in [-0.2, -0.15) is 0 Å². The third-order valence-corrected chi connectivity index (χ3v) is 4.46. The summed E-state index contributed by atoms with van der Waals surface area (Å²) in [5.74, 6) is 3.43. The molecule has 0 saturated carbocycles. The van der Waals surface area contributed by atoms with E-state index in [1.54, 1.807) is 26.0 Å². The van der Waals surface area contributed by atoms with Crippen LogP contribution in [-0.2, 0) is 11.2 Å². The number of carbonyl (C=O) groups excluding carboxylic acids is 1. The molecule has 1 aromatic rings. The predicted molar refractivity (Wildman–Crippen MR) is 85.2 cm³/mol. The Morgan fingerprint density at radius 2 is 2.14 bits per heavy atom. The standard InChI is InChI=1S/C15H22N2O3S/c1-10-6-14(20-3)11(7-13(10)19-2)4-5-16-15(18)12-8-21-9-17-12/h6-7,12,17H,4-5,8-9H2,1-3H3,(H,16,18). The van der Waals surface area contributed by atoms with E-state index >= 15 is 0 Å². The van der Waals surface area contributed by atoms with Gasteiger partial charge in [0.05, 0.1) is 20.3 Å². The number of methoxy groups -OCH3 is 2. The lowest BCUT2D eigenvalue weighted by molar-refractivity contribution is -0.122. The van der Waals surface area contributed by atoms with Crippen molar-refractivity contribution in [2.24, 2.45) is 0 Å². The number of amides is 1. The molecule has 1 aromatic carbocycles. The molecule has 1 amide bonds. The molecule has 1 saturated heterocycles. The van der Waals surface area contributed by atoms with E-state index in [4.69, 9.17) is 9.47 Å². The van der Waals surface area contributed by atoms with Gasteiger partial charge in [0.15, 0.2) is 0 Å². The van der Waals surface area contributed by atoms with Crippen LogP contribution in [0.4, 0.5) is 0 Å². The molecule has 1 aliphatic heterocycles. The quantitative estimate of drug-likeness (QED) is 0.830. The number of benzene rings is 1. The molecule has 2 N–H and O–H groups in total. The van der Waals surface area contributed by atoms with Crippen LogP contribution in [0.5, 0.6) is 11.5 Å². The first-order valence-electron chi connectivity index (χ1n) is 6.96. The Kier molecular flexibility index (Phi) is 5.76. The summed E-state index contributed by atoms with van der Waals surface area (Å²) in [6.07, 6.45) is 0.714. The molecule has 1 fully saturated rings. The largest absolute Gasteiger partial charge is 0.496 e. The highest BCUT2D eigenvalue weighted by Gasteiger charge is 2.21. The van der Waals surface area contributed by atoms with E-state index in [2.05, 4.69) is 10.6 Å². The molecule has 0 bridgehead atoms. The number of aryl methyl sites for hydroxylation is 1. The van der Waals surface area contributed by atoms with Gasteiger partial charge in [-0.3, -0.25) is 10.1 Å². The Morgan fingerprint density at radius 3 is 2.76 bits per heavy atom. The SMILES string of the molecule is COc1cc(CCNC(=O)C2CSCN2)c(OC)cc1C. The van der Waals surface area contributed by atoms with Crippen molar-refractivity contribution in [3.05, 3.63) is 23.3 Å². The van der Waals surface area contributed by atoms with Gasteiger partial charge < -0.3 is 14.8 Å². The van der Waals surface area contributed by atoms with Gasteiger partial charge in [-0.15, -0.1) is 11.8 Å². The molecular formula is C15H22N2O3S. The van der Waals surface area contributed by atoms with Crippen LogP contribution in [0.15, 0.2) is 12.1 Å². The van der Waals surface area contributed by atoms with Crippen LogP contribution in [0.25, 0.3) is 0 Å². The second kappa shape index (κ2) is 7.56. The van der Waals surface area contributed by atoms with Gasteiger partial charge in [-0.25, -0.2) is 0 Å². The normalized spacial score (nSPS) is 17.6. The summed E-state index contributed by atoms with van der Waals surface area (Å²) in [5, 5.41) is 6.12. The van der Waals surface area contributed by atoms with Crippen molar-refractivity contribution in [1.82, 2.24) is 10.6 Å². The van der Waals surface area contributed by atoms with E-state index in [-0.39, 0.29) is 11.9 Å². The summed E-state index contributed by atoms with van der Waals surface area (Å²) in [6, 6.07) is 3.87. The summed E-state index contributed by atoms with van der Waals surface area (Å²) < 4.78 is 10.7. The van der Waals surface area contributed by atoms with Crippen LogP contribution < -0.4 is 20.1 Å². The van der Waals surface area contributed by atoms with Crippen molar-refractivity contribution < 1.29 is 14.3 Å². The number of hydrogen-bond donors (Lipinski definition) is 2. The van der Waals surface area contributed by atoms with Crippen molar-refractivity contribution >= 4 is 17.7 Å². The van der Waals surface area contributed by atoms with Crippen molar-refractivity contribution in [1.29, 1.82) is 0 Å². The van der Waals surface area contributed by atoms with Crippen molar-refractivity contribution in [2.45, 2.75) is 19.4 Å². The van der Waals surface area contributed by atoms with E-state index in [0.29, 0.717) is 13.0 Å². The van der Waals surface area contributed by atoms with Gasteiger partial charge in [0.1, 0.15) is 11.5 Å². The number of hydrogen-bond acceptors (Lipinski definition) is 5. The maximum absolute atomic E-state index is 11.9. The second-order valence-corrected chi connectivity index (χ2v) is 5.98. The molecule has 1 atom stereocenters. The molecule has 0 aromatic heterocycles. The highest BCUT2D eigenvalue weighted by molar-refractivity contribution is 7.99. The summed E-state index contributed by atoms with van der Waals surface area (Å²) in [6.45, 7) is 2.57. The van der Waals surface area contributed by atoms with Crippen LogP contribution in [0.2, 0.25) is 0 Å².